The molecule has 21 heavy (non-hydrogen) atoms. The van der Waals surface area contributed by atoms with Crippen molar-refractivity contribution in [2.75, 3.05) is 14.2 Å². The first-order chi connectivity index (χ1) is 10.2. The molecule has 0 fully saturated rings. The van der Waals surface area contributed by atoms with Gasteiger partial charge in [0.05, 0.1) is 19.8 Å². The van der Waals surface area contributed by atoms with E-state index in [-0.39, 0.29) is 18.3 Å². The summed E-state index contributed by atoms with van der Waals surface area (Å²) in [5, 5.41) is 2.67. The average molecular weight is 289 g/mol. The molecule has 2 rings (SSSR count). The predicted molar refractivity (Wildman–Crippen MR) is 77.1 cm³/mol. The topological polar surface area (TPSA) is 47.6 Å². The molecule has 0 atom stereocenters. The number of methoxy groups -OCH3 is 2. The molecule has 0 saturated heterocycles. The van der Waals surface area contributed by atoms with Crippen molar-refractivity contribution >= 4 is 5.91 Å². The minimum Gasteiger partial charge on any atom is -0.497 e. The van der Waals surface area contributed by atoms with E-state index < -0.39 is 0 Å². The quantitative estimate of drug-likeness (QED) is 0.920. The first-order valence-electron chi connectivity index (χ1n) is 6.39. The summed E-state index contributed by atoms with van der Waals surface area (Å²) in [6, 6.07) is 11.2. The molecule has 1 N–H and O–H groups in total. The summed E-state index contributed by atoms with van der Waals surface area (Å²) in [6.07, 6.45) is 0. The highest BCUT2D eigenvalue weighted by Gasteiger charge is 2.13. The Morgan fingerprint density at radius 1 is 1.14 bits per heavy atom. The molecule has 0 bridgehead atoms. The lowest BCUT2D eigenvalue weighted by Gasteiger charge is -2.11. The Morgan fingerprint density at radius 3 is 2.57 bits per heavy atom. The summed E-state index contributed by atoms with van der Waals surface area (Å²) < 4.78 is 23.7. The number of rotatable bonds is 5. The zero-order valence-electron chi connectivity index (χ0n) is 11.9. The molecule has 0 saturated carbocycles. The fourth-order valence-corrected chi connectivity index (χ4v) is 1.90. The van der Waals surface area contributed by atoms with Crippen LogP contribution in [0.5, 0.6) is 11.5 Å². The Hall–Kier alpha value is -2.56. The van der Waals surface area contributed by atoms with Crippen LogP contribution in [0, 0.1) is 5.82 Å². The van der Waals surface area contributed by atoms with Gasteiger partial charge in [-0.05, 0) is 18.2 Å². The van der Waals surface area contributed by atoms with E-state index in [9.17, 15) is 9.18 Å². The van der Waals surface area contributed by atoms with Crippen LogP contribution in [0.25, 0.3) is 0 Å². The van der Waals surface area contributed by atoms with E-state index in [1.54, 1.807) is 36.4 Å². The van der Waals surface area contributed by atoms with Crippen molar-refractivity contribution < 1.29 is 18.7 Å². The van der Waals surface area contributed by atoms with Gasteiger partial charge >= 0.3 is 0 Å². The fraction of sp³-hybridized carbons (Fsp3) is 0.188. The number of nitrogens with one attached hydrogen (secondary N) is 1. The van der Waals surface area contributed by atoms with Crippen molar-refractivity contribution in [2.45, 2.75) is 6.54 Å². The van der Waals surface area contributed by atoms with E-state index in [1.807, 2.05) is 0 Å². The SMILES string of the molecule is COc1ccc(C(=O)NCc2ccccc2F)c(OC)c1. The molecule has 0 heterocycles. The summed E-state index contributed by atoms with van der Waals surface area (Å²) in [7, 11) is 3.01. The predicted octanol–water partition coefficient (Wildman–Crippen LogP) is 2.77. The minimum atomic E-state index is -0.348. The van der Waals surface area contributed by atoms with Gasteiger partial charge in [-0.2, -0.15) is 0 Å². The molecule has 0 aliphatic carbocycles. The van der Waals surface area contributed by atoms with Gasteiger partial charge in [0.15, 0.2) is 0 Å². The maximum absolute atomic E-state index is 13.5. The van der Waals surface area contributed by atoms with Crippen molar-refractivity contribution in [2.24, 2.45) is 0 Å². The fourth-order valence-electron chi connectivity index (χ4n) is 1.90. The third-order valence-corrected chi connectivity index (χ3v) is 3.05. The molecule has 2 aromatic rings. The van der Waals surface area contributed by atoms with E-state index in [0.717, 1.165) is 0 Å². The molecule has 0 aromatic heterocycles. The zero-order chi connectivity index (χ0) is 15.2. The lowest BCUT2D eigenvalue weighted by Crippen LogP contribution is -2.23. The molecular weight excluding hydrogens is 273 g/mol. The van der Waals surface area contributed by atoms with Gasteiger partial charge in [-0.1, -0.05) is 18.2 Å². The van der Waals surface area contributed by atoms with Crippen LogP contribution in [0.1, 0.15) is 15.9 Å². The number of amides is 1. The van der Waals surface area contributed by atoms with Crippen molar-refractivity contribution in [1.82, 2.24) is 5.32 Å². The van der Waals surface area contributed by atoms with Gasteiger partial charge in [-0.25, -0.2) is 4.39 Å². The highest BCUT2D eigenvalue weighted by Crippen LogP contribution is 2.24. The highest BCUT2D eigenvalue weighted by molar-refractivity contribution is 5.97. The van der Waals surface area contributed by atoms with Crippen molar-refractivity contribution in [3.05, 3.63) is 59.4 Å². The summed E-state index contributed by atoms with van der Waals surface area (Å²) >= 11 is 0. The van der Waals surface area contributed by atoms with Gasteiger partial charge in [0.25, 0.3) is 5.91 Å². The first kappa shape index (κ1) is 14.8. The molecule has 0 aliphatic rings. The molecule has 4 nitrogen and oxygen atoms in total. The molecular formula is C16H16FNO3. The summed E-state index contributed by atoms with van der Waals surface area (Å²) in [5.74, 6) is 0.315. The maximum Gasteiger partial charge on any atom is 0.255 e. The van der Waals surface area contributed by atoms with Crippen LogP contribution in [0.2, 0.25) is 0 Å². The van der Waals surface area contributed by atoms with Gasteiger partial charge in [-0.15, -0.1) is 0 Å². The third-order valence-electron chi connectivity index (χ3n) is 3.05. The standard InChI is InChI=1S/C16H16FNO3/c1-20-12-7-8-13(15(9-12)21-2)16(19)18-10-11-5-3-4-6-14(11)17/h3-9H,10H2,1-2H3,(H,18,19). The number of hydrogen-bond donors (Lipinski definition) is 1. The van der Waals surface area contributed by atoms with Gasteiger partial charge in [0.1, 0.15) is 17.3 Å². The second kappa shape index (κ2) is 6.74. The largest absolute Gasteiger partial charge is 0.497 e. The van der Waals surface area contributed by atoms with Crippen LogP contribution in [0.3, 0.4) is 0 Å². The monoisotopic (exact) mass is 289 g/mol. The Labute approximate surface area is 122 Å². The number of halogens is 1. The number of ether oxygens (including phenoxy) is 2. The minimum absolute atomic E-state index is 0.112. The molecule has 110 valence electrons. The van der Waals surface area contributed by atoms with Gasteiger partial charge in [0.2, 0.25) is 0 Å². The van der Waals surface area contributed by atoms with Gasteiger partial charge in [0, 0.05) is 18.2 Å². The normalized spacial score (nSPS) is 10.0. The number of carbonyl (C=O) groups excluding carboxylic acids is 1. The van der Waals surface area contributed by atoms with E-state index >= 15 is 0 Å². The van der Waals surface area contributed by atoms with Crippen molar-refractivity contribution in [3.63, 3.8) is 0 Å². The van der Waals surface area contributed by atoms with Crippen LogP contribution in [-0.2, 0) is 6.54 Å². The number of carbonyl (C=O) groups is 1. The molecule has 0 spiro atoms. The van der Waals surface area contributed by atoms with Crippen LogP contribution in [-0.4, -0.2) is 20.1 Å². The second-order valence-corrected chi connectivity index (χ2v) is 4.34. The smallest absolute Gasteiger partial charge is 0.255 e. The van der Waals surface area contributed by atoms with Gasteiger partial charge in [-0.3, -0.25) is 4.79 Å². The van der Waals surface area contributed by atoms with Crippen molar-refractivity contribution in [3.8, 4) is 11.5 Å². The van der Waals surface area contributed by atoms with Gasteiger partial charge < -0.3 is 14.8 Å². The molecule has 0 unspecified atom stereocenters. The van der Waals surface area contributed by atoms with E-state index in [0.29, 0.717) is 22.6 Å². The number of benzene rings is 2. The van der Waals surface area contributed by atoms with Crippen LogP contribution < -0.4 is 14.8 Å². The first-order valence-corrected chi connectivity index (χ1v) is 6.39. The third kappa shape index (κ3) is 3.51. The zero-order valence-corrected chi connectivity index (χ0v) is 11.9. The maximum atomic E-state index is 13.5. The van der Waals surface area contributed by atoms with Crippen LogP contribution >= 0.6 is 0 Å². The van der Waals surface area contributed by atoms with E-state index in [1.165, 1.54) is 20.3 Å². The Balaban J connectivity index is 2.12. The lowest BCUT2D eigenvalue weighted by atomic mass is 10.1. The van der Waals surface area contributed by atoms with E-state index in [4.69, 9.17) is 9.47 Å². The van der Waals surface area contributed by atoms with E-state index in [2.05, 4.69) is 5.32 Å². The molecule has 1 amide bonds. The Kier molecular flexibility index (Phi) is 4.77. The molecule has 0 aliphatic heterocycles. The Morgan fingerprint density at radius 2 is 1.90 bits per heavy atom. The summed E-state index contributed by atoms with van der Waals surface area (Å²) in [5.41, 5.74) is 0.799. The van der Waals surface area contributed by atoms with Crippen molar-refractivity contribution in [1.29, 1.82) is 0 Å². The van der Waals surface area contributed by atoms with Crippen LogP contribution in [0.15, 0.2) is 42.5 Å². The lowest BCUT2D eigenvalue weighted by molar-refractivity contribution is 0.0947. The van der Waals surface area contributed by atoms with Crippen LogP contribution in [0.4, 0.5) is 4.39 Å². The summed E-state index contributed by atoms with van der Waals surface area (Å²) in [6.45, 7) is 0.112. The number of hydrogen-bond acceptors (Lipinski definition) is 3. The Bertz CT molecular complexity index is 643. The average Bonchev–Trinajstić information content (AvgIpc) is 2.53. The summed E-state index contributed by atoms with van der Waals surface area (Å²) in [4.78, 5) is 12.2. The highest BCUT2D eigenvalue weighted by atomic mass is 19.1. The molecule has 5 heteroatoms. The molecule has 0 radical (unpaired) electrons. The molecule has 2 aromatic carbocycles. The second-order valence-electron chi connectivity index (χ2n) is 4.34.